The second-order valence-corrected chi connectivity index (χ2v) is 6.77. The van der Waals surface area contributed by atoms with E-state index in [0.717, 1.165) is 12.0 Å². The quantitative estimate of drug-likeness (QED) is 0.869. The molecule has 3 rings (SSSR count). The van der Waals surface area contributed by atoms with Crippen LogP contribution in [0.3, 0.4) is 0 Å². The largest absolute Gasteiger partial charge is 0.481 e. The second-order valence-electron chi connectivity index (χ2n) is 6.33. The average molecular weight is 344 g/mol. The van der Waals surface area contributed by atoms with E-state index in [1.807, 2.05) is 6.92 Å². The molecule has 4 heteroatoms. The highest BCUT2D eigenvalue weighted by Gasteiger charge is 2.19. The van der Waals surface area contributed by atoms with Crippen LogP contribution >= 0.6 is 11.6 Å². The van der Waals surface area contributed by atoms with Crippen LogP contribution in [-0.2, 0) is 17.6 Å². The molecule has 2 unspecified atom stereocenters. The summed E-state index contributed by atoms with van der Waals surface area (Å²) in [5.74, 6) is 0.457. The summed E-state index contributed by atoms with van der Waals surface area (Å²) in [6.07, 6.45) is 2.95. The van der Waals surface area contributed by atoms with E-state index in [2.05, 4.69) is 23.5 Å². The van der Waals surface area contributed by atoms with Gasteiger partial charge in [-0.1, -0.05) is 35.9 Å². The van der Waals surface area contributed by atoms with Crippen molar-refractivity contribution in [3.63, 3.8) is 0 Å². The van der Waals surface area contributed by atoms with Crippen molar-refractivity contribution in [1.82, 2.24) is 5.32 Å². The summed E-state index contributed by atoms with van der Waals surface area (Å²) in [5.41, 5.74) is 3.99. The fourth-order valence-electron chi connectivity index (χ4n) is 3.07. The third kappa shape index (κ3) is 3.90. The third-order valence-corrected chi connectivity index (χ3v) is 4.69. The van der Waals surface area contributed by atoms with E-state index >= 15 is 0 Å². The fourth-order valence-corrected chi connectivity index (χ4v) is 3.25. The first-order valence-corrected chi connectivity index (χ1v) is 8.75. The summed E-state index contributed by atoms with van der Waals surface area (Å²) in [4.78, 5) is 12.4. The zero-order chi connectivity index (χ0) is 17.1. The standard InChI is InChI=1S/C20H22ClNO2/c1-13(16-10-9-15-5-3-6-17(15)11-16)22-20(23)14(2)24-19-8-4-7-18(21)12-19/h4,7-14H,3,5-6H2,1-2H3,(H,22,23). The molecule has 2 atom stereocenters. The Morgan fingerprint density at radius 2 is 1.92 bits per heavy atom. The normalized spacial score (nSPS) is 15.5. The first kappa shape index (κ1) is 16.8. The molecule has 126 valence electrons. The minimum atomic E-state index is -0.583. The molecule has 0 saturated carbocycles. The number of hydrogen-bond donors (Lipinski definition) is 1. The number of amides is 1. The second kappa shape index (κ2) is 7.27. The van der Waals surface area contributed by atoms with E-state index in [9.17, 15) is 4.79 Å². The van der Waals surface area contributed by atoms with E-state index in [0.29, 0.717) is 10.8 Å². The Balaban J connectivity index is 1.61. The molecule has 3 nitrogen and oxygen atoms in total. The van der Waals surface area contributed by atoms with Crippen LogP contribution in [0.25, 0.3) is 0 Å². The molecule has 0 spiro atoms. The third-order valence-electron chi connectivity index (χ3n) is 4.46. The van der Waals surface area contributed by atoms with Crippen LogP contribution in [0.4, 0.5) is 0 Å². The Hall–Kier alpha value is -2.00. The van der Waals surface area contributed by atoms with E-state index in [4.69, 9.17) is 16.3 Å². The molecule has 0 bridgehead atoms. The Labute approximate surface area is 148 Å². The number of halogens is 1. The Bertz CT molecular complexity index is 744. The van der Waals surface area contributed by atoms with Gasteiger partial charge < -0.3 is 10.1 Å². The van der Waals surface area contributed by atoms with Gasteiger partial charge >= 0.3 is 0 Å². The van der Waals surface area contributed by atoms with Crippen molar-refractivity contribution in [2.75, 3.05) is 0 Å². The number of aryl methyl sites for hydroxylation is 2. The van der Waals surface area contributed by atoms with Crippen molar-refractivity contribution in [2.24, 2.45) is 0 Å². The minimum Gasteiger partial charge on any atom is -0.481 e. The van der Waals surface area contributed by atoms with E-state index < -0.39 is 6.10 Å². The zero-order valence-electron chi connectivity index (χ0n) is 14.0. The van der Waals surface area contributed by atoms with Crippen LogP contribution < -0.4 is 10.1 Å². The zero-order valence-corrected chi connectivity index (χ0v) is 14.8. The summed E-state index contributed by atoms with van der Waals surface area (Å²) in [6.45, 7) is 3.74. The fraction of sp³-hybridized carbons (Fsp3) is 0.350. The Morgan fingerprint density at radius 1 is 1.12 bits per heavy atom. The Morgan fingerprint density at radius 3 is 2.71 bits per heavy atom. The molecule has 1 aliphatic rings. The van der Waals surface area contributed by atoms with Crippen molar-refractivity contribution in [3.8, 4) is 5.75 Å². The van der Waals surface area contributed by atoms with Gasteiger partial charge in [0.25, 0.3) is 5.91 Å². The lowest BCUT2D eigenvalue weighted by Gasteiger charge is -2.19. The molecule has 24 heavy (non-hydrogen) atoms. The molecule has 1 N–H and O–H groups in total. The number of nitrogens with one attached hydrogen (secondary N) is 1. The number of ether oxygens (including phenoxy) is 1. The van der Waals surface area contributed by atoms with Crippen molar-refractivity contribution in [1.29, 1.82) is 0 Å². The highest BCUT2D eigenvalue weighted by molar-refractivity contribution is 6.30. The van der Waals surface area contributed by atoms with Crippen LogP contribution in [0.2, 0.25) is 5.02 Å². The average Bonchev–Trinajstić information content (AvgIpc) is 3.02. The maximum Gasteiger partial charge on any atom is 0.261 e. The summed E-state index contributed by atoms with van der Waals surface area (Å²) < 4.78 is 5.67. The highest BCUT2D eigenvalue weighted by atomic mass is 35.5. The lowest BCUT2D eigenvalue weighted by atomic mass is 10.0. The van der Waals surface area contributed by atoms with E-state index in [1.165, 1.54) is 24.0 Å². The number of rotatable bonds is 5. The van der Waals surface area contributed by atoms with Gasteiger partial charge in [-0.25, -0.2) is 0 Å². The molecule has 0 aliphatic heterocycles. The number of carbonyl (C=O) groups is 1. The van der Waals surface area contributed by atoms with Crippen molar-refractivity contribution in [2.45, 2.75) is 45.3 Å². The van der Waals surface area contributed by atoms with Gasteiger partial charge in [0.2, 0.25) is 0 Å². The lowest BCUT2D eigenvalue weighted by Crippen LogP contribution is -2.37. The maximum absolute atomic E-state index is 12.4. The maximum atomic E-state index is 12.4. The van der Waals surface area contributed by atoms with Gasteiger partial charge in [0.15, 0.2) is 6.10 Å². The van der Waals surface area contributed by atoms with Gasteiger partial charge in [-0.3, -0.25) is 4.79 Å². The van der Waals surface area contributed by atoms with Crippen LogP contribution in [0, 0.1) is 0 Å². The van der Waals surface area contributed by atoms with Crippen LogP contribution in [0.5, 0.6) is 5.75 Å². The van der Waals surface area contributed by atoms with Gasteiger partial charge in [-0.15, -0.1) is 0 Å². The summed E-state index contributed by atoms with van der Waals surface area (Å²) in [7, 11) is 0. The molecule has 2 aromatic rings. The number of benzene rings is 2. The number of carbonyl (C=O) groups excluding carboxylic acids is 1. The lowest BCUT2D eigenvalue weighted by molar-refractivity contribution is -0.127. The molecule has 0 saturated heterocycles. The predicted octanol–water partition coefficient (Wildman–Crippen LogP) is 4.47. The van der Waals surface area contributed by atoms with Crippen molar-refractivity contribution in [3.05, 3.63) is 64.2 Å². The summed E-state index contributed by atoms with van der Waals surface area (Å²) in [5, 5.41) is 3.61. The van der Waals surface area contributed by atoms with Crippen LogP contribution in [0.1, 0.15) is 43.0 Å². The summed E-state index contributed by atoms with van der Waals surface area (Å²) in [6, 6.07) is 13.5. The van der Waals surface area contributed by atoms with Crippen molar-refractivity contribution >= 4 is 17.5 Å². The molecule has 0 aromatic heterocycles. The van der Waals surface area contributed by atoms with E-state index in [-0.39, 0.29) is 11.9 Å². The molecule has 0 fully saturated rings. The highest BCUT2D eigenvalue weighted by Crippen LogP contribution is 2.25. The predicted molar refractivity (Wildman–Crippen MR) is 96.6 cm³/mol. The number of fused-ring (bicyclic) bond motifs is 1. The van der Waals surface area contributed by atoms with E-state index in [1.54, 1.807) is 31.2 Å². The van der Waals surface area contributed by atoms with Gasteiger partial charge in [-0.05, 0) is 68.0 Å². The Kier molecular flexibility index (Phi) is 5.10. The molecular weight excluding hydrogens is 322 g/mol. The minimum absolute atomic E-state index is 0.0474. The number of hydrogen-bond acceptors (Lipinski definition) is 2. The monoisotopic (exact) mass is 343 g/mol. The van der Waals surface area contributed by atoms with Gasteiger partial charge in [0.1, 0.15) is 5.75 Å². The summed E-state index contributed by atoms with van der Waals surface area (Å²) >= 11 is 5.94. The van der Waals surface area contributed by atoms with Gasteiger partial charge in [0.05, 0.1) is 6.04 Å². The molecular formula is C20H22ClNO2. The van der Waals surface area contributed by atoms with Gasteiger partial charge in [0, 0.05) is 5.02 Å². The molecule has 0 radical (unpaired) electrons. The molecule has 1 amide bonds. The smallest absolute Gasteiger partial charge is 0.261 e. The first-order valence-electron chi connectivity index (χ1n) is 8.37. The molecule has 2 aromatic carbocycles. The molecule has 1 aliphatic carbocycles. The topological polar surface area (TPSA) is 38.3 Å². The van der Waals surface area contributed by atoms with Gasteiger partial charge in [-0.2, -0.15) is 0 Å². The first-order chi connectivity index (χ1) is 11.5. The van der Waals surface area contributed by atoms with Crippen molar-refractivity contribution < 1.29 is 9.53 Å². The molecule has 0 heterocycles. The van der Waals surface area contributed by atoms with Crippen LogP contribution in [-0.4, -0.2) is 12.0 Å². The van der Waals surface area contributed by atoms with Crippen LogP contribution in [0.15, 0.2) is 42.5 Å². The SMILES string of the molecule is CC(Oc1cccc(Cl)c1)C(=O)NC(C)c1ccc2c(c1)CCC2.